The lowest BCUT2D eigenvalue weighted by Crippen LogP contribution is -2.33. The van der Waals surface area contributed by atoms with Gasteiger partial charge in [-0.15, -0.1) is 24.8 Å². The van der Waals surface area contributed by atoms with E-state index in [0.29, 0.717) is 0 Å². The lowest BCUT2D eigenvalue weighted by molar-refractivity contribution is -0.138. The fraction of sp³-hybridized carbons (Fsp3) is 0.286. The van der Waals surface area contributed by atoms with Crippen LogP contribution in [0.5, 0.6) is 0 Å². The summed E-state index contributed by atoms with van der Waals surface area (Å²) in [6, 6.07) is 0.324. The highest BCUT2D eigenvalue weighted by atomic mass is 35.5. The summed E-state index contributed by atoms with van der Waals surface area (Å²) in [5.41, 5.74) is 10.7. The van der Waals surface area contributed by atoms with Crippen molar-refractivity contribution in [2.45, 2.75) is 12.5 Å². The van der Waals surface area contributed by atoms with Crippen molar-refractivity contribution in [2.24, 2.45) is 5.73 Å². The van der Waals surface area contributed by atoms with Crippen LogP contribution in [0.3, 0.4) is 0 Å². The van der Waals surface area contributed by atoms with E-state index in [4.69, 9.17) is 28.2 Å². The van der Waals surface area contributed by atoms with Crippen LogP contribution >= 0.6 is 36.4 Å². The smallest absolute Gasteiger partial charge is 0.320 e. The molecule has 1 unspecified atom stereocenters. The second-order valence-electron chi connectivity index (χ2n) is 2.68. The average Bonchev–Trinajstić information content (AvgIpc) is 2.01. The summed E-state index contributed by atoms with van der Waals surface area (Å²) < 4.78 is 0. The number of hydrogen-bond acceptors (Lipinski definition) is 5. The number of hydrogen-bond donors (Lipinski definition) is 3. The topological polar surface area (TPSA) is 115 Å². The number of halogens is 3. The maximum absolute atomic E-state index is 10.4. The predicted octanol–water partition coefficient (Wildman–Crippen LogP) is 0.510. The van der Waals surface area contributed by atoms with Gasteiger partial charge < -0.3 is 16.6 Å². The van der Waals surface area contributed by atoms with Crippen LogP contribution in [0.4, 0.5) is 5.82 Å². The Hall–Kier alpha value is -0.820. The lowest BCUT2D eigenvalue weighted by Gasteiger charge is -2.05. The third kappa shape index (κ3) is 5.32. The molecule has 1 heterocycles. The van der Waals surface area contributed by atoms with Gasteiger partial charge in [-0.05, 0) is 0 Å². The van der Waals surface area contributed by atoms with Gasteiger partial charge in [-0.1, -0.05) is 11.6 Å². The first-order valence-corrected chi connectivity index (χ1v) is 4.14. The number of anilines is 1. The predicted molar refractivity (Wildman–Crippen MR) is 65.3 cm³/mol. The van der Waals surface area contributed by atoms with Gasteiger partial charge in [0.05, 0.1) is 0 Å². The van der Waals surface area contributed by atoms with Crippen molar-refractivity contribution in [2.75, 3.05) is 5.73 Å². The second kappa shape index (κ2) is 7.45. The molecule has 0 aliphatic rings. The van der Waals surface area contributed by atoms with Crippen molar-refractivity contribution in [3.05, 3.63) is 17.0 Å². The molecule has 0 aliphatic carbocycles. The van der Waals surface area contributed by atoms with E-state index in [1.54, 1.807) is 0 Å². The Balaban J connectivity index is 0. The molecule has 1 aromatic rings. The molecule has 0 fully saturated rings. The molecule has 16 heavy (non-hydrogen) atoms. The molecule has 0 aromatic carbocycles. The van der Waals surface area contributed by atoms with Crippen molar-refractivity contribution in [1.82, 2.24) is 9.97 Å². The van der Waals surface area contributed by atoms with E-state index in [2.05, 4.69) is 9.97 Å². The van der Waals surface area contributed by atoms with Gasteiger partial charge in [0.1, 0.15) is 22.8 Å². The number of nitrogens with zero attached hydrogens (tertiary/aromatic N) is 2. The van der Waals surface area contributed by atoms with Gasteiger partial charge in [0.15, 0.2) is 0 Å². The maximum atomic E-state index is 10.4. The highest BCUT2D eigenvalue weighted by molar-refractivity contribution is 6.29. The third-order valence-corrected chi connectivity index (χ3v) is 1.67. The van der Waals surface area contributed by atoms with E-state index in [9.17, 15) is 4.79 Å². The van der Waals surface area contributed by atoms with Crippen molar-refractivity contribution in [3.63, 3.8) is 0 Å². The van der Waals surface area contributed by atoms with Gasteiger partial charge in [0.25, 0.3) is 0 Å². The minimum atomic E-state index is -1.12. The Morgan fingerprint density at radius 1 is 1.50 bits per heavy atom. The Kier molecular flexibility index (Phi) is 8.18. The fourth-order valence-electron chi connectivity index (χ4n) is 0.859. The number of rotatable bonds is 3. The lowest BCUT2D eigenvalue weighted by atomic mass is 10.2. The van der Waals surface area contributed by atoms with Crippen molar-refractivity contribution >= 4 is 48.2 Å². The van der Waals surface area contributed by atoms with Crippen molar-refractivity contribution in [1.29, 1.82) is 0 Å². The number of aromatic nitrogens is 2. The number of carboxylic acid groups (broad SMARTS) is 1. The van der Waals surface area contributed by atoms with Crippen molar-refractivity contribution in [3.8, 4) is 0 Å². The number of carbonyl (C=O) groups is 1. The monoisotopic (exact) mass is 288 g/mol. The largest absolute Gasteiger partial charge is 0.480 e. The molecule has 0 bridgehead atoms. The first-order chi connectivity index (χ1) is 6.49. The van der Waals surface area contributed by atoms with Gasteiger partial charge >= 0.3 is 5.97 Å². The molecule has 9 heteroatoms. The minimum absolute atomic E-state index is 0. The summed E-state index contributed by atoms with van der Waals surface area (Å²) in [5, 5.41) is 8.71. The quantitative estimate of drug-likeness (QED) is 0.698. The zero-order valence-corrected chi connectivity index (χ0v) is 10.3. The summed E-state index contributed by atoms with van der Waals surface area (Å²) in [6.45, 7) is 0. The molecule has 1 atom stereocenters. The fourth-order valence-corrected chi connectivity index (χ4v) is 1.07. The zero-order valence-electron chi connectivity index (χ0n) is 7.96. The molecule has 0 saturated heterocycles. The third-order valence-electron chi connectivity index (χ3n) is 1.48. The molecular weight excluding hydrogens is 278 g/mol. The van der Waals surface area contributed by atoms with Crippen LogP contribution in [-0.2, 0) is 11.2 Å². The number of carboxylic acids is 1. The Labute approximate surface area is 109 Å². The molecule has 0 amide bonds. The van der Waals surface area contributed by atoms with Gasteiger partial charge in [0, 0.05) is 12.5 Å². The van der Waals surface area contributed by atoms with Gasteiger partial charge in [0.2, 0.25) is 0 Å². The van der Waals surface area contributed by atoms with Crippen molar-refractivity contribution < 1.29 is 9.90 Å². The SMILES string of the molecule is Cl.Cl.Nc1cc(Cl)nc(CC(N)C(=O)O)n1. The van der Waals surface area contributed by atoms with Crippen LogP contribution in [0.15, 0.2) is 6.07 Å². The molecular formula is C7H11Cl3N4O2. The Morgan fingerprint density at radius 3 is 2.50 bits per heavy atom. The molecule has 0 saturated carbocycles. The van der Waals surface area contributed by atoms with Crippen LogP contribution in [-0.4, -0.2) is 27.1 Å². The highest BCUT2D eigenvalue weighted by Crippen LogP contribution is 2.09. The van der Waals surface area contributed by atoms with Gasteiger partial charge in [-0.25, -0.2) is 9.97 Å². The molecule has 0 spiro atoms. The van der Waals surface area contributed by atoms with E-state index in [1.807, 2.05) is 0 Å². The molecule has 0 radical (unpaired) electrons. The van der Waals surface area contributed by atoms with Crippen LogP contribution in [0, 0.1) is 0 Å². The van der Waals surface area contributed by atoms with Crippen LogP contribution < -0.4 is 11.5 Å². The Morgan fingerprint density at radius 2 is 2.06 bits per heavy atom. The standard InChI is InChI=1S/C7H9ClN4O2.2ClH/c8-4-2-5(10)12-6(11-4)1-3(9)7(13)14;;/h2-3H,1,9H2,(H,13,14)(H2,10,11,12);2*1H. The van der Waals surface area contributed by atoms with E-state index in [1.165, 1.54) is 6.07 Å². The zero-order chi connectivity index (χ0) is 10.7. The van der Waals surface area contributed by atoms with Crippen LogP contribution in [0.25, 0.3) is 0 Å². The molecule has 1 aromatic heterocycles. The molecule has 92 valence electrons. The first-order valence-electron chi connectivity index (χ1n) is 3.76. The average molecular weight is 290 g/mol. The molecule has 1 rings (SSSR count). The number of aliphatic carboxylic acids is 1. The van der Waals surface area contributed by atoms with Gasteiger partial charge in [-0.3, -0.25) is 4.79 Å². The molecule has 5 N–H and O–H groups in total. The first kappa shape index (κ1) is 17.6. The van der Waals surface area contributed by atoms with Crippen LogP contribution in [0.1, 0.15) is 5.82 Å². The normalized spacial score (nSPS) is 10.9. The van der Waals surface area contributed by atoms with Crippen LogP contribution in [0.2, 0.25) is 5.15 Å². The molecule has 0 aliphatic heterocycles. The summed E-state index contributed by atoms with van der Waals surface area (Å²) in [7, 11) is 0. The summed E-state index contributed by atoms with van der Waals surface area (Å²) in [5.74, 6) is -0.699. The van der Waals surface area contributed by atoms with E-state index in [0.717, 1.165) is 0 Å². The number of nitrogens with two attached hydrogens (primary N) is 2. The summed E-state index contributed by atoms with van der Waals surface area (Å²) >= 11 is 5.59. The van der Waals surface area contributed by atoms with E-state index >= 15 is 0 Å². The maximum Gasteiger partial charge on any atom is 0.320 e. The highest BCUT2D eigenvalue weighted by Gasteiger charge is 2.14. The number of nitrogen functional groups attached to an aromatic ring is 1. The van der Waals surface area contributed by atoms with E-state index in [-0.39, 0.29) is 48.0 Å². The summed E-state index contributed by atoms with van der Waals surface area (Å²) in [4.78, 5) is 18.0. The Bertz CT molecular complexity index is 343. The second-order valence-corrected chi connectivity index (χ2v) is 3.07. The molecule has 6 nitrogen and oxygen atoms in total. The minimum Gasteiger partial charge on any atom is -0.480 e. The van der Waals surface area contributed by atoms with Gasteiger partial charge in [-0.2, -0.15) is 0 Å². The summed E-state index contributed by atoms with van der Waals surface area (Å²) in [6.07, 6.45) is 0.0000926. The van der Waals surface area contributed by atoms with E-state index < -0.39 is 12.0 Å².